The fourth-order valence-corrected chi connectivity index (χ4v) is 1.96. The minimum Gasteiger partial charge on any atom is -0.508 e. The SMILES string of the molecule is COCC1NCCc2cc(O)ccc21. The molecule has 0 fully saturated rings. The van der Waals surface area contributed by atoms with Gasteiger partial charge in [0.15, 0.2) is 0 Å². The van der Waals surface area contributed by atoms with E-state index in [2.05, 4.69) is 5.32 Å². The number of aromatic hydroxyl groups is 1. The van der Waals surface area contributed by atoms with E-state index in [1.165, 1.54) is 11.1 Å². The molecule has 0 spiro atoms. The molecule has 0 bridgehead atoms. The molecule has 1 aromatic rings. The van der Waals surface area contributed by atoms with Crippen molar-refractivity contribution in [3.05, 3.63) is 29.3 Å². The first-order chi connectivity index (χ1) is 6.81. The Balaban J connectivity index is 2.30. The van der Waals surface area contributed by atoms with Crippen molar-refractivity contribution >= 4 is 0 Å². The van der Waals surface area contributed by atoms with E-state index in [0.29, 0.717) is 12.4 Å². The summed E-state index contributed by atoms with van der Waals surface area (Å²) in [6.45, 7) is 1.63. The quantitative estimate of drug-likeness (QED) is 0.742. The number of benzene rings is 1. The van der Waals surface area contributed by atoms with Gasteiger partial charge in [0, 0.05) is 7.11 Å². The van der Waals surface area contributed by atoms with Crippen molar-refractivity contribution in [3.63, 3.8) is 0 Å². The topological polar surface area (TPSA) is 41.5 Å². The molecule has 14 heavy (non-hydrogen) atoms. The molecule has 0 saturated carbocycles. The number of phenols is 1. The molecule has 2 N–H and O–H groups in total. The molecule has 3 heteroatoms. The lowest BCUT2D eigenvalue weighted by Crippen LogP contribution is -2.32. The third-order valence-corrected chi connectivity index (χ3v) is 2.62. The van der Waals surface area contributed by atoms with Gasteiger partial charge in [-0.3, -0.25) is 0 Å². The number of hydrogen-bond acceptors (Lipinski definition) is 3. The maximum atomic E-state index is 9.35. The molecule has 76 valence electrons. The first-order valence-electron chi connectivity index (χ1n) is 4.85. The Hall–Kier alpha value is -1.06. The highest BCUT2D eigenvalue weighted by Crippen LogP contribution is 2.26. The number of methoxy groups -OCH3 is 1. The Morgan fingerprint density at radius 1 is 1.57 bits per heavy atom. The van der Waals surface area contributed by atoms with E-state index < -0.39 is 0 Å². The van der Waals surface area contributed by atoms with Crippen molar-refractivity contribution in [1.82, 2.24) is 5.32 Å². The summed E-state index contributed by atoms with van der Waals surface area (Å²) in [5, 5.41) is 12.7. The summed E-state index contributed by atoms with van der Waals surface area (Å²) in [5.74, 6) is 0.349. The monoisotopic (exact) mass is 193 g/mol. The summed E-state index contributed by atoms with van der Waals surface area (Å²) in [6, 6.07) is 5.82. The van der Waals surface area contributed by atoms with Gasteiger partial charge in [0.05, 0.1) is 12.6 Å². The molecule has 1 aromatic carbocycles. The average Bonchev–Trinajstić information content (AvgIpc) is 2.18. The Kier molecular flexibility index (Phi) is 2.70. The summed E-state index contributed by atoms with van der Waals surface area (Å²) in [7, 11) is 1.70. The van der Waals surface area contributed by atoms with E-state index in [4.69, 9.17) is 4.74 Å². The van der Waals surface area contributed by atoms with Gasteiger partial charge in [-0.25, -0.2) is 0 Å². The van der Waals surface area contributed by atoms with E-state index in [1.807, 2.05) is 12.1 Å². The van der Waals surface area contributed by atoms with Gasteiger partial charge in [-0.2, -0.15) is 0 Å². The van der Waals surface area contributed by atoms with Gasteiger partial charge < -0.3 is 15.2 Å². The second kappa shape index (κ2) is 3.98. The van der Waals surface area contributed by atoms with Crippen molar-refractivity contribution in [2.24, 2.45) is 0 Å². The lowest BCUT2D eigenvalue weighted by Gasteiger charge is -2.26. The predicted octanol–water partition coefficient (Wildman–Crippen LogP) is 1.23. The van der Waals surface area contributed by atoms with Crippen LogP contribution in [0.25, 0.3) is 0 Å². The van der Waals surface area contributed by atoms with Crippen molar-refractivity contribution < 1.29 is 9.84 Å². The standard InChI is InChI=1S/C11H15NO2/c1-14-7-11-10-3-2-9(13)6-8(10)4-5-12-11/h2-3,6,11-13H,4-5,7H2,1H3. The molecule has 3 nitrogen and oxygen atoms in total. The third kappa shape index (κ3) is 1.74. The molecule has 1 atom stereocenters. The van der Waals surface area contributed by atoms with Gasteiger partial charge in [0.2, 0.25) is 0 Å². The number of hydrogen-bond donors (Lipinski definition) is 2. The van der Waals surface area contributed by atoms with Gasteiger partial charge in [0.25, 0.3) is 0 Å². The minimum atomic E-state index is 0.268. The van der Waals surface area contributed by atoms with Crippen LogP contribution in [-0.2, 0) is 11.2 Å². The van der Waals surface area contributed by atoms with Crippen LogP contribution in [0.4, 0.5) is 0 Å². The molecular weight excluding hydrogens is 178 g/mol. The summed E-state index contributed by atoms with van der Waals surface area (Å²) in [4.78, 5) is 0. The highest BCUT2D eigenvalue weighted by Gasteiger charge is 2.19. The first-order valence-corrected chi connectivity index (χ1v) is 4.85. The molecule has 1 aliphatic rings. The smallest absolute Gasteiger partial charge is 0.115 e. The maximum absolute atomic E-state index is 9.35. The largest absolute Gasteiger partial charge is 0.508 e. The van der Waals surface area contributed by atoms with Crippen LogP contribution in [0.1, 0.15) is 17.2 Å². The molecule has 0 amide bonds. The second-order valence-corrected chi connectivity index (χ2v) is 3.60. The van der Waals surface area contributed by atoms with Crippen LogP contribution < -0.4 is 5.32 Å². The minimum absolute atomic E-state index is 0.268. The first kappa shape index (κ1) is 9.49. The van der Waals surface area contributed by atoms with Gasteiger partial charge >= 0.3 is 0 Å². The van der Waals surface area contributed by atoms with Crippen molar-refractivity contribution in [2.45, 2.75) is 12.5 Å². The predicted molar refractivity (Wildman–Crippen MR) is 54.4 cm³/mol. The molecule has 1 heterocycles. The normalized spacial score (nSPS) is 20.5. The lowest BCUT2D eigenvalue weighted by atomic mass is 9.94. The number of rotatable bonds is 2. The zero-order chi connectivity index (χ0) is 9.97. The van der Waals surface area contributed by atoms with Crippen molar-refractivity contribution in [3.8, 4) is 5.75 Å². The summed E-state index contributed by atoms with van der Waals surface area (Å²) >= 11 is 0. The van der Waals surface area contributed by atoms with E-state index in [1.54, 1.807) is 13.2 Å². The van der Waals surface area contributed by atoms with Crippen molar-refractivity contribution in [1.29, 1.82) is 0 Å². The Bertz CT molecular complexity index is 325. The van der Waals surface area contributed by atoms with Crippen LogP contribution in [0.15, 0.2) is 18.2 Å². The van der Waals surface area contributed by atoms with Crippen LogP contribution in [0.5, 0.6) is 5.75 Å². The van der Waals surface area contributed by atoms with Crippen LogP contribution in [0.2, 0.25) is 0 Å². The second-order valence-electron chi connectivity index (χ2n) is 3.60. The Morgan fingerprint density at radius 2 is 2.43 bits per heavy atom. The summed E-state index contributed by atoms with van der Waals surface area (Å²) < 4.78 is 5.14. The molecule has 0 radical (unpaired) electrons. The van der Waals surface area contributed by atoms with E-state index in [9.17, 15) is 5.11 Å². The highest BCUT2D eigenvalue weighted by atomic mass is 16.5. The maximum Gasteiger partial charge on any atom is 0.115 e. The van der Waals surface area contributed by atoms with Crippen LogP contribution >= 0.6 is 0 Å². The van der Waals surface area contributed by atoms with Gasteiger partial charge in [-0.05, 0) is 36.2 Å². The van der Waals surface area contributed by atoms with E-state index in [0.717, 1.165) is 13.0 Å². The third-order valence-electron chi connectivity index (χ3n) is 2.62. The molecule has 1 unspecified atom stereocenters. The molecule has 1 aliphatic heterocycles. The summed E-state index contributed by atoms with van der Waals surface area (Å²) in [6.07, 6.45) is 0.976. The molecule has 0 aliphatic carbocycles. The average molecular weight is 193 g/mol. The van der Waals surface area contributed by atoms with Crippen LogP contribution in [0.3, 0.4) is 0 Å². The van der Waals surface area contributed by atoms with Crippen LogP contribution in [-0.4, -0.2) is 25.4 Å². The Labute approximate surface area is 83.7 Å². The Morgan fingerprint density at radius 3 is 3.21 bits per heavy atom. The number of nitrogens with one attached hydrogen (secondary N) is 1. The van der Waals surface area contributed by atoms with Gasteiger partial charge in [0.1, 0.15) is 5.75 Å². The lowest BCUT2D eigenvalue weighted by molar-refractivity contribution is 0.164. The van der Waals surface area contributed by atoms with Crippen LogP contribution in [0, 0.1) is 0 Å². The molecule has 0 aromatic heterocycles. The fraction of sp³-hybridized carbons (Fsp3) is 0.455. The van der Waals surface area contributed by atoms with E-state index in [-0.39, 0.29) is 6.04 Å². The fourth-order valence-electron chi connectivity index (χ4n) is 1.96. The zero-order valence-corrected chi connectivity index (χ0v) is 8.29. The molecular formula is C11H15NO2. The highest BCUT2D eigenvalue weighted by molar-refractivity contribution is 5.38. The number of fused-ring (bicyclic) bond motifs is 1. The number of phenolic OH excluding ortho intramolecular Hbond substituents is 1. The number of ether oxygens (including phenoxy) is 1. The van der Waals surface area contributed by atoms with Gasteiger partial charge in [-0.1, -0.05) is 6.07 Å². The molecule has 0 saturated heterocycles. The summed E-state index contributed by atoms with van der Waals surface area (Å²) in [5.41, 5.74) is 2.47. The van der Waals surface area contributed by atoms with Gasteiger partial charge in [-0.15, -0.1) is 0 Å². The molecule has 2 rings (SSSR count). The van der Waals surface area contributed by atoms with Crippen molar-refractivity contribution in [2.75, 3.05) is 20.3 Å². The van der Waals surface area contributed by atoms with E-state index >= 15 is 0 Å². The zero-order valence-electron chi connectivity index (χ0n) is 8.29.